The summed E-state index contributed by atoms with van der Waals surface area (Å²) in [4.78, 5) is 27.7. The molecule has 0 heterocycles. The van der Waals surface area contributed by atoms with E-state index in [2.05, 4.69) is 24.4 Å². The predicted molar refractivity (Wildman–Crippen MR) is 113 cm³/mol. The molecule has 4 nitrogen and oxygen atoms in total. The molecule has 2 amide bonds. The molecule has 0 aliphatic heterocycles. The highest BCUT2D eigenvalue weighted by Gasteiger charge is 2.49. The van der Waals surface area contributed by atoms with Crippen LogP contribution in [0.2, 0.25) is 0 Å². The van der Waals surface area contributed by atoms with E-state index >= 15 is 0 Å². The lowest BCUT2D eigenvalue weighted by atomic mass is 10.0. The van der Waals surface area contributed by atoms with Crippen LogP contribution in [0.1, 0.15) is 42.5 Å². The van der Waals surface area contributed by atoms with E-state index in [0.29, 0.717) is 13.0 Å². The highest BCUT2D eigenvalue weighted by molar-refractivity contribution is 6.00. The van der Waals surface area contributed by atoms with Crippen molar-refractivity contribution in [1.82, 2.24) is 4.90 Å². The lowest BCUT2D eigenvalue weighted by Crippen LogP contribution is -2.38. The average molecular weight is 379 g/mol. The average Bonchev–Trinajstić information content (AvgIpc) is 3.43. The first-order valence-corrected chi connectivity index (χ1v) is 10.0. The zero-order valence-electron chi connectivity index (χ0n) is 17.5. The Hall–Kier alpha value is -2.62. The Labute approximate surface area is 167 Å². The van der Waals surface area contributed by atoms with E-state index in [1.54, 1.807) is 0 Å². The summed E-state index contributed by atoms with van der Waals surface area (Å²) >= 11 is 0. The maximum absolute atomic E-state index is 13.0. The second-order valence-electron chi connectivity index (χ2n) is 8.26. The fourth-order valence-corrected chi connectivity index (χ4v) is 3.86. The van der Waals surface area contributed by atoms with Crippen molar-refractivity contribution in [3.63, 3.8) is 0 Å². The second kappa shape index (κ2) is 8.17. The van der Waals surface area contributed by atoms with Crippen molar-refractivity contribution in [1.29, 1.82) is 0 Å². The van der Waals surface area contributed by atoms with E-state index < -0.39 is 0 Å². The van der Waals surface area contributed by atoms with Crippen molar-refractivity contribution in [3.05, 3.63) is 64.7 Å². The molecule has 3 rings (SSSR count). The minimum absolute atomic E-state index is 0.0446. The topological polar surface area (TPSA) is 49.4 Å². The Bertz CT molecular complexity index is 850. The number of rotatable bonds is 6. The van der Waals surface area contributed by atoms with Crippen LogP contribution in [0.3, 0.4) is 0 Å². The summed E-state index contributed by atoms with van der Waals surface area (Å²) in [7, 11) is 0. The molecule has 2 aromatic carbocycles. The monoisotopic (exact) mass is 378 g/mol. The molecule has 0 radical (unpaired) electrons. The Morgan fingerprint density at radius 3 is 2.21 bits per heavy atom. The van der Waals surface area contributed by atoms with E-state index in [0.717, 1.165) is 22.4 Å². The first-order valence-electron chi connectivity index (χ1n) is 10.0. The zero-order valence-corrected chi connectivity index (χ0v) is 17.5. The minimum Gasteiger partial charge on any atom is -0.336 e. The summed E-state index contributed by atoms with van der Waals surface area (Å²) in [5, 5.41) is 3.06. The number of nitrogens with one attached hydrogen (secondary N) is 1. The smallest absolute Gasteiger partial charge is 0.228 e. The molecule has 1 N–H and O–H groups in total. The molecule has 1 aliphatic rings. The summed E-state index contributed by atoms with van der Waals surface area (Å²) in [6.07, 6.45) is 0.632. The molecule has 4 heteroatoms. The lowest BCUT2D eigenvalue weighted by molar-refractivity contribution is -0.136. The second-order valence-corrected chi connectivity index (χ2v) is 8.26. The summed E-state index contributed by atoms with van der Waals surface area (Å²) in [5.41, 5.74) is 5.28. The van der Waals surface area contributed by atoms with Crippen LogP contribution in [0.25, 0.3) is 0 Å². The van der Waals surface area contributed by atoms with Crippen molar-refractivity contribution in [2.45, 2.75) is 53.6 Å². The fourth-order valence-electron chi connectivity index (χ4n) is 3.86. The Kier molecular flexibility index (Phi) is 5.87. The van der Waals surface area contributed by atoms with Crippen LogP contribution in [0.15, 0.2) is 42.5 Å². The van der Waals surface area contributed by atoms with E-state index in [9.17, 15) is 9.59 Å². The van der Waals surface area contributed by atoms with Gasteiger partial charge < -0.3 is 10.2 Å². The number of hydrogen-bond donors (Lipinski definition) is 1. The quantitative estimate of drug-likeness (QED) is 0.797. The van der Waals surface area contributed by atoms with Gasteiger partial charge in [-0.05, 0) is 57.7 Å². The standard InChI is InChI=1S/C24H30N2O2/c1-15(2)26(14-19-9-7-6-8-10-19)24(28)21-13-20(21)23(27)25-22-17(4)11-16(3)12-18(22)5/h6-12,15,20-21H,13-14H2,1-5H3,(H,25,27). The maximum Gasteiger partial charge on any atom is 0.228 e. The van der Waals surface area contributed by atoms with Gasteiger partial charge in [-0.3, -0.25) is 9.59 Å². The number of benzene rings is 2. The fraction of sp³-hybridized carbons (Fsp3) is 0.417. The minimum atomic E-state index is -0.232. The van der Waals surface area contributed by atoms with Gasteiger partial charge in [-0.1, -0.05) is 48.0 Å². The van der Waals surface area contributed by atoms with Gasteiger partial charge in [-0.15, -0.1) is 0 Å². The van der Waals surface area contributed by atoms with Gasteiger partial charge in [0.05, 0.1) is 11.8 Å². The van der Waals surface area contributed by atoms with Gasteiger partial charge in [0.2, 0.25) is 11.8 Å². The Morgan fingerprint density at radius 1 is 1.04 bits per heavy atom. The van der Waals surface area contributed by atoms with E-state index in [4.69, 9.17) is 0 Å². The van der Waals surface area contributed by atoms with Crippen LogP contribution in [-0.4, -0.2) is 22.8 Å². The molecule has 1 fully saturated rings. The highest BCUT2D eigenvalue weighted by Crippen LogP contribution is 2.42. The van der Waals surface area contributed by atoms with E-state index in [1.807, 2.05) is 62.9 Å². The molecular weight excluding hydrogens is 348 g/mol. The van der Waals surface area contributed by atoms with Gasteiger partial charge in [0, 0.05) is 18.3 Å². The molecule has 2 aromatic rings. The molecule has 2 unspecified atom stereocenters. The van der Waals surface area contributed by atoms with Crippen molar-refractivity contribution >= 4 is 17.5 Å². The van der Waals surface area contributed by atoms with Crippen LogP contribution < -0.4 is 5.32 Å². The predicted octanol–water partition coefficient (Wildman–Crippen LogP) is 4.62. The molecule has 2 atom stereocenters. The summed E-state index contributed by atoms with van der Waals surface area (Å²) < 4.78 is 0. The zero-order chi connectivity index (χ0) is 20.4. The molecule has 0 bridgehead atoms. The number of nitrogens with zero attached hydrogens (tertiary/aromatic N) is 1. The number of carbonyl (C=O) groups excluding carboxylic acids is 2. The third-order valence-electron chi connectivity index (χ3n) is 5.47. The third-order valence-corrected chi connectivity index (χ3v) is 5.47. The van der Waals surface area contributed by atoms with Gasteiger partial charge in [0.15, 0.2) is 0 Å². The van der Waals surface area contributed by atoms with Gasteiger partial charge in [0.1, 0.15) is 0 Å². The van der Waals surface area contributed by atoms with Crippen molar-refractivity contribution in [2.75, 3.05) is 5.32 Å². The third kappa shape index (κ3) is 4.44. The van der Waals surface area contributed by atoms with Crippen molar-refractivity contribution in [3.8, 4) is 0 Å². The summed E-state index contributed by atoms with van der Waals surface area (Å²) in [6, 6.07) is 14.2. The van der Waals surface area contributed by atoms with Gasteiger partial charge in [0.25, 0.3) is 0 Å². The van der Waals surface area contributed by atoms with Gasteiger partial charge >= 0.3 is 0 Å². The van der Waals surface area contributed by atoms with Crippen molar-refractivity contribution in [2.24, 2.45) is 11.8 Å². The summed E-state index contributed by atoms with van der Waals surface area (Å²) in [6.45, 7) is 10.7. The van der Waals surface area contributed by atoms with Crippen molar-refractivity contribution < 1.29 is 9.59 Å². The molecule has 0 aromatic heterocycles. The van der Waals surface area contributed by atoms with Crippen LogP contribution in [0.4, 0.5) is 5.69 Å². The largest absolute Gasteiger partial charge is 0.336 e. The lowest BCUT2D eigenvalue weighted by Gasteiger charge is -2.27. The van der Waals surface area contributed by atoms with E-state index in [-0.39, 0.29) is 29.7 Å². The normalized spacial score (nSPS) is 18.1. The summed E-state index contributed by atoms with van der Waals surface area (Å²) in [5.74, 6) is -0.407. The first kappa shape index (κ1) is 20.1. The number of carbonyl (C=O) groups is 2. The molecule has 28 heavy (non-hydrogen) atoms. The number of aryl methyl sites for hydroxylation is 3. The number of anilines is 1. The first-order chi connectivity index (χ1) is 13.3. The van der Waals surface area contributed by atoms with Crippen LogP contribution >= 0.6 is 0 Å². The Balaban J connectivity index is 1.66. The van der Waals surface area contributed by atoms with Crippen LogP contribution in [-0.2, 0) is 16.1 Å². The van der Waals surface area contributed by atoms with Gasteiger partial charge in [-0.2, -0.15) is 0 Å². The molecule has 1 saturated carbocycles. The molecule has 0 spiro atoms. The number of hydrogen-bond acceptors (Lipinski definition) is 2. The molecular formula is C24H30N2O2. The molecule has 1 aliphatic carbocycles. The molecule has 148 valence electrons. The maximum atomic E-state index is 13.0. The Morgan fingerprint density at radius 2 is 1.64 bits per heavy atom. The SMILES string of the molecule is Cc1cc(C)c(NC(=O)C2CC2C(=O)N(Cc2ccccc2)C(C)C)c(C)c1. The number of amides is 2. The van der Waals surface area contributed by atoms with Crippen LogP contribution in [0, 0.1) is 32.6 Å². The van der Waals surface area contributed by atoms with Gasteiger partial charge in [-0.25, -0.2) is 0 Å². The van der Waals surface area contributed by atoms with E-state index in [1.165, 1.54) is 5.56 Å². The van der Waals surface area contributed by atoms with Crippen LogP contribution in [0.5, 0.6) is 0 Å². The molecule has 0 saturated heterocycles. The highest BCUT2D eigenvalue weighted by atomic mass is 16.2.